The molecule has 2 N–H and O–H groups in total. The zero-order valence-corrected chi connectivity index (χ0v) is 17.6. The van der Waals surface area contributed by atoms with Gasteiger partial charge in [0, 0.05) is 35.7 Å². The van der Waals surface area contributed by atoms with Gasteiger partial charge < -0.3 is 15.0 Å². The van der Waals surface area contributed by atoms with Gasteiger partial charge in [-0.25, -0.2) is 8.42 Å². The summed E-state index contributed by atoms with van der Waals surface area (Å²) in [6, 6.07) is 22.1. The molecule has 0 aliphatic carbocycles. The van der Waals surface area contributed by atoms with Crippen molar-refractivity contribution in [1.29, 1.82) is 0 Å². The minimum absolute atomic E-state index is 0.158. The van der Waals surface area contributed by atoms with E-state index in [2.05, 4.69) is 14.9 Å². The Bertz CT molecular complexity index is 1140. The molecule has 1 aliphatic heterocycles. The fourth-order valence-electron chi connectivity index (χ4n) is 3.32. The Kier molecular flexibility index (Phi) is 6.20. The third kappa shape index (κ3) is 5.22. The lowest BCUT2D eigenvalue weighted by Crippen LogP contribution is -2.36. The molecule has 3 aromatic rings. The summed E-state index contributed by atoms with van der Waals surface area (Å²) in [5, 5.41) is 2.85. The molecule has 1 aliphatic rings. The molecule has 8 heteroatoms. The molecule has 3 aromatic carbocycles. The van der Waals surface area contributed by atoms with Gasteiger partial charge in [-0.1, -0.05) is 24.3 Å². The Morgan fingerprint density at radius 3 is 2.26 bits per heavy atom. The van der Waals surface area contributed by atoms with Crippen LogP contribution in [0.25, 0.3) is 0 Å². The molecule has 0 atom stereocenters. The highest BCUT2D eigenvalue weighted by molar-refractivity contribution is 7.92. The first-order valence-corrected chi connectivity index (χ1v) is 11.4. The van der Waals surface area contributed by atoms with Crippen molar-refractivity contribution < 1.29 is 17.9 Å². The van der Waals surface area contributed by atoms with Gasteiger partial charge in [-0.15, -0.1) is 0 Å². The molecule has 0 bridgehead atoms. The largest absolute Gasteiger partial charge is 0.378 e. The highest BCUT2D eigenvalue weighted by atomic mass is 32.2. The molecule has 0 saturated carbocycles. The number of rotatable bonds is 6. The third-order valence-corrected chi connectivity index (χ3v) is 6.33. The molecule has 0 spiro atoms. The van der Waals surface area contributed by atoms with E-state index in [1.54, 1.807) is 36.4 Å². The highest BCUT2D eigenvalue weighted by Gasteiger charge is 2.15. The molecule has 160 valence electrons. The van der Waals surface area contributed by atoms with Gasteiger partial charge in [-0.3, -0.25) is 9.52 Å². The van der Waals surface area contributed by atoms with Crippen LogP contribution in [0.2, 0.25) is 0 Å². The van der Waals surface area contributed by atoms with Crippen LogP contribution < -0.4 is 14.9 Å². The van der Waals surface area contributed by atoms with Gasteiger partial charge in [0.05, 0.1) is 18.1 Å². The quantitative estimate of drug-likeness (QED) is 0.616. The average Bonchev–Trinajstić information content (AvgIpc) is 2.81. The molecule has 1 heterocycles. The molecule has 4 rings (SSSR count). The van der Waals surface area contributed by atoms with E-state index in [1.165, 1.54) is 18.2 Å². The van der Waals surface area contributed by atoms with E-state index in [1.807, 2.05) is 24.3 Å². The third-order valence-electron chi connectivity index (χ3n) is 4.93. The number of benzene rings is 3. The van der Waals surface area contributed by atoms with Crippen molar-refractivity contribution in [3.8, 4) is 0 Å². The number of hydrogen-bond donors (Lipinski definition) is 2. The lowest BCUT2D eigenvalue weighted by molar-refractivity contribution is 0.102. The molecule has 0 radical (unpaired) electrons. The zero-order chi connectivity index (χ0) is 21.7. The summed E-state index contributed by atoms with van der Waals surface area (Å²) >= 11 is 0. The average molecular weight is 438 g/mol. The number of nitrogens with one attached hydrogen (secondary N) is 2. The monoisotopic (exact) mass is 437 g/mol. The maximum atomic E-state index is 12.7. The van der Waals surface area contributed by atoms with Gasteiger partial charge in [0.15, 0.2) is 0 Å². The van der Waals surface area contributed by atoms with E-state index in [0.29, 0.717) is 30.2 Å². The summed E-state index contributed by atoms with van der Waals surface area (Å²) in [4.78, 5) is 15.1. The number of hydrogen-bond acceptors (Lipinski definition) is 5. The van der Waals surface area contributed by atoms with Crippen LogP contribution in [0.3, 0.4) is 0 Å². The summed E-state index contributed by atoms with van der Waals surface area (Å²) in [5.74, 6) is -0.320. The minimum atomic E-state index is -3.73. The van der Waals surface area contributed by atoms with Gasteiger partial charge in [0.25, 0.3) is 15.9 Å². The normalized spacial score (nSPS) is 14.1. The Hall–Kier alpha value is -3.36. The number of anilines is 3. The predicted molar refractivity (Wildman–Crippen MR) is 121 cm³/mol. The molecule has 31 heavy (non-hydrogen) atoms. The number of ether oxygens (including phenoxy) is 1. The van der Waals surface area contributed by atoms with Crippen molar-refractivity contribution in [1.82, 2.24) is 0 Å². The van der Waals surface area contributed by atoms with Gasteiger partial charge in [0.2, 0.25) is 0 Å². The van der Waals surface area contributed by atoms with E-state index in [-0.39, 0.29) is 10.8 Å². The van der Waals surface area contributed by atoms with E-state index in [4.69, 9.17) is 4.74 Å². The summed E-state index contributed by atoms with van der Waals surface area (Å²) in [6.45, 7) is 3.11. The summed E-state index contributed by atoms with van der Waals surface area (Å²) in [7, 11) is -3.73. The Morgan fingerprint density at radius 2 is 1.55 bits per heavy atom. The fourth-order valence-corrected chi connectivity index (χ4v) is 4.39. The molecule has 7 nitrogen and oxygen atoms in total. The predicted octanol–water partition coefficient (Wildman–Crippen LogP) is 3.58. The van der Waals surface area contributed by atoms with Crippen LogP contribution >= 0.6 is 0 Å². The first kappa shape index (κ1) is 20.9. The van der Waals surface area contributed by atoms with Gasteiger partial charge >= 0.3 is 0 Å². The van der Waals surface area contributed by atoms with Gasteiger partial charge in [0.1, 0.15) is 0 Å². The molecule has 0 unspecified atom stereocenters. The van der Waals surface area contributed by atoms with Crippen LogP contribution in [-0.4, -0.2) is 40.6 Å². The van der Waals surface area contributed by atoms with Crippen molar-refractivity contribution in [2.45, 2.75) is 4.90 Å². The number of morpholine rings is 1. The van der Waals surface area contributed by atoms with Crippen LogP contribution in [0.1, 0.15) is 10.4 Å². The molecular weight excluding hydrogens is 414 g/mol. The second-order valence-corrected chi connectivity index (χ2v) is 8.78. The van der Waals surface area contributed by atoms with Crippen molar-refractivity contribution in [2.75, 3.05) is 41.2 Å². The van der Waals surface area contributed by atoms with Gasteiger partial charge in [-0.2, -0.15) is 0 Å². The minimum Gasteiger partial charge on any atom is -0.378 e. The van der Waals surface area contributed by atoms with Crippen LogP contribution in [-0.2, 0) is 14.8 Å². The number of carbonyl (C=O) groups excluding carboxylic acids is 1. The highest BCUT2D eigenvalue weighted by Crippen LogP contribution is 2.21. The number of sulfonamides is 1. The van der Waals surface area contributed by atoms with Crippen LogP contribution in [0.5, 0.6) is 0 Å². The summed E-state index contributed by atoms with van der Waals surface area (Å²) in [5.41, 5.74) is 2.42. The number of carbonyl (C=O) groups is 1. The SMILES string of the molecule is O=C(Nc1ccc(N2CCOCC2)cc1)c1cccc(NS(=O)(=O)c2ccccc2)c1. The zero-order valence-electron chi connectivity index (χ0n) is 16.8. The second kappa shape index (κ2) is 9.20. The van der Waals surface area contributed by atoms with Crippen LogP contribution in [0.15, 0.2) is 83.8 Å². The Morgan fingerprint density at radius 1 is 0.839 bits per heavy atom. The second-order valence-electron chi connectivity index (χ2n) is 7.10. The van der Waals surface area contributed by atoms with E-state index < -0.39 is 10.0 Å². The first-order valence-electron chi connectivity index (χ1n) is 9.93. The Labute approximate surface area is 181 Å². The smallest absolute Gasteiger partial charge is 0.261 e. The van der Waals surface area contributed by atoms with Crippen molar-refractivity contribution in [3.63, 3.8) is 0 Å². The summed E-state index contributed by atoms with van der Waals surface area (Å²) in [6.07, 6.45) is 0. The topological polar surface area (TPSA) is 87.7 Å². The Balaban J connectivity index is 1.43. The van der Waals surface area contributed by atoms with Crippen LogP contribution in [0.4, 0.5) is 17.1 Å². The maximum absolute atomic E-state index is 12.7. The lowest BCUT2D eigenvalue weighted by Gasteiger charge is -2.28. The number of nitrogens with zero attached hydrogens (tertiary/aromatic N) is 1. The van der Waals surface area contributed by atoms with Crippen molar-refractivity contribution >= 4 is 33.0 Å². The molecule has 1 saturated heterocycles. The summed E-state index contributed by atoms with van der Waals surface area (Å²) < 4.78 is 32.9. The first-order chi connectivity index (χ1) is 15.0. The fraction of sp³-hybridized carbons (Fsp3) is 0.174. The van der Waals surface area contributed by atoms with Crippen molar-refractivity contribution in [3.05, 3.63) is 84.4 Å². The lowest BCUT2D eigenvalue weighted by atomic mass is 10.2. The molecule has 1 fully saturated rings. The molecule has 0 aromatic heterocycles. The molecular formula is C23H23N3O4S. The van der Waals surface area contributed by atoms with Crippen LogP contribution in [0, 0.1) is 0 Å². The van der Waals surface area contributed by atoms with E-state index in [9.17, 15) is 13.2 Å². The standard InChI is InChI=1S/C23H23N3O4S/c27-23(24-19-9-11-21(12-10-19)26-13-15-30-16-14-26)18-5-4-6-20(17-18)25-31(28,29)22-7-2-1-3-8-22/h1-12,17,25H,13-16H2,(H,24,27). The number of amides is 1. The maximum Gasteiger partial charge on any atom is 0.261 e. The van der Waals surface area contributed by atoms with Crippen molar-refractivity contribution in [2.24, 2.45) is 0 Å². The van der Waals surface area contributed by atoms with E-state index >= 15 is 0 Å². The van der Waals surface area contributed by atoms with Gasteiger partial charge in [-0.05, 0) is 54.6 Å². The molecule has 1 amide bonds. The van der Waals surface area contributed by atoms with E-state index in [0.717, 1.165) is 18.8 Å².